The Hall–Kier alpha value is -1.38. The van der Waals surface area contributed by atoms with Gasteiger partial charge in [0.15, 0.2) is 0 Å². The van der Waals surface area contributed by atoms with Crippen LogP contribution in [0.3, 0.4) is 0 Å². The number of rotatable bonds is 4. The number of piperidine rings is 1. The topological polar surface area (TPSA) is 61.2 Å². The van der Waals surface area contributed by atoms with Crippen molar-refractivity contribution < 1.29 is 8.42 Å². The summed E-state index contributed by atoms with van der Waals surface area (Å²) in [5.74, 6) is 1.23. The summed E-state index contributed by atoms with van der Waals surface area (Å²) in [5.41, 5.74) is 0.843. The molecule has 1 saturated heterocycles. The molecule has 0 N–H and O–H groups in total. The highest BCUT2D eigenvalue weighted by molar-refractivity contribution is 7.89. The molecule has 0 aromatic heterocycles. The number of nitrogens with zero attached hydrogens (tertiary/aromatic N) is 2. The van der Waals surface area contributed by atoms with Crippen LogP contribution in [0.4, 0.5) is 0 Å². The highest BCUT2D eigenvalue weighted by Crippen LogP contribution is 2.28. The van der Waals surface area contributed by atoms with E-state index in [9.17, 15) is 8.42 Å². The molecule has 0 bridgehead atoms. The van der Waals surface area contributed by atoms with Crippen molar-refractivity contribution >= 4 is 10.0 Å². The molecular formula is C16H22N2O2S. The van der Waals surface area contributed by atoms with Crippen LogP contribution in [0, 0.1) is 23.2 Å². The van der Waals surface area contributed by atoms with Crippen molar-refractivity contribution in [1.29, 1.82) is 5.26 Å². The standard InChI is InChI=1S/C16H22N2O2S/c1-13(2)15-8-11-18(12-9-15)21(19,20)16-5-3-14(4-6-16)7-10-17/h3-6,13,15H,7-9,11-12H2,1-2H3. The van der Waals surface area contributed by atoms with E-state index < -0.39 is 10.0 Å². The first-order valence-electron chi connectivity index (χ1n) is 7.41. The minimum absolute atomic E-state index is 0.306. The molecule has 1 heterocycles. The van der Waals surface area contributed by atoms with Crippen molar-refractivity contribution in [2.45, 2.75) is 38.0 Å². The Kier molecular flexibility index (Phi) is 5.02. The van der Waals surface area contributed by atoms with Gasteiger partial charge < -0.3 is 0 Å². The van der Waals surface area contributed by atoms with Crippen LogP contribution in [-0.2, 0) is 16.4 Å². The summed E-state index contributed by atoms with van der Waals surface area (Å²) >= 11 is 0. The van der Waals surface area contributed by atoms with Gasteiger partial charge in [-0.3, -0.25) is 0 Å². The number of hydrogen-bond acceptors (Lipinski definition) is 3. The van der Waals surface area contributed by atoms with Gasteiger partial charge in [-0.2, -0.15) is 9.57 Å². The van der Waals surface area contributed by atoms with Crippen molar-refractivity contribution in [2.75, 3.05) is 13.1 Å². The van der Waals surface area contributed by atoms with E-state index in [2.05, 4.69) is 19.9 Å². The van der Waals surface area contributed by atoms with Crippen LogP contribution in [0.1, 0.15) is 32.3 Å². The monoisotopic (exact) mass is 306 g/mol. The Bertz CT molecular complexity index is 607. The van der Waals surface area contributed by atoms with Crippen LogP contribution >= 0.6 is 0 Å². The zero-order chi connectivity index (χ0) is 15.5. The van der Waals surface area contributed by atoms with E-state index in [1.54, 1.807) is 28.6 Å². The Morgan fingerprint density at radius 1 is 1.24 bits per heavy atom. The maximum Gasteiger partial charge on any atom is 0.243 e. The zero-order valence-electron chi connectivity index (χ0n) is 12.6. The Morgan fingerprint density at radius 2 is 1.81 bits per heavy atom. The molecule has 1 aromatic carbocycles. The number of nitriles is 1. The van der Waals surface area contributed by atoms with E-state index in [4.69, 9.17) is 5.26 Å². The summed E-state index contributed by atoms with van der Waals surface area (Å²) in [6.07, 6.45) is 2.17. The highest BCUT2D eigenvalue weighted by atomic mass is 32.2. The highest BCUT2D eigenvalue weighted by Gasteiger charge is 2.30. The fourth-order valence-corrected chi connectivity index (χ4v) is 4.27. The number of hydrogen-bond donors (Lipinski definition) is 0. The van der Waals surface area contributed by atoms with E-state index in [1.165, 1.54) is 0 Å². The fourth-order valence-electron chi connectivity index (χ4n) is 2.80. The Morgan fingerprint density at radius 3 is 2.29 bits per heavy atom. The molecule has 1 fully saturated rings. The first kappa shape index (κ1) is 16.0. The molecule has 0 unspecified atom stereocenters. The second-order valence-corrected chi connectivity index (χ2v) is 7.90. The van der Waals surface area contributed by atoms with Crippen molar-refractivity contribution in [1.82, 2.24) is 4.31 Å². The van der Waals surface area contributed by atoms with Crippen LogP contribution in [0.15, 0.2) is 29.2 Å². The van der Waals surface area contributed by atoms with Crippen LogP contribution in [0.5, 0.6) is 0 Å². The molecule has 21 heavy (non-hydrogen) atoms. The summed E-state index contributed by atoms with van der Waals surface area (Å²) < 4.78 is 26.8. The van der Waals surface area contributed by atoms with Gasteiger partial charge in [-0.1, -0.05) is 26.0 Å². The first-order chi connectivity index (χ1) is 9.95. The fraction of sp³-hybridized carbons (Fsp3) is 0.562. The maximum absolute atomic E-state index is 12.6. The molecule has 2 rings (SSSR count). The predicted molar refractivity (Wildman–Crippen MR) is 82.1 cm³/mol. The second-order valence-electron chi connectivity index (χ2n) is 5.96. The van der Waals surface area contributed by atoms with Gasteiger partial charge in [0.1, 0.15) is 0 Å². The first-order valence-corrected chi connectivity index (χ1v) is 8.85. The van der Waals surface area contributed by atoms with Gasteiger partial charge >= 0.3 is 0 Å². The SMILES string of the molecule is CC(C)C1CCN(S(=O)(=O)c2ccc(CC#N)cc2)CC1. The van der Waals surface area contributed by atoms with Gasteiger partial charge in [0.05, 0.1) is 17.4 Å². The van der Waals surface area contributed by atoms with Gasteiger partial charge in [0.2, 0.25) is 10.0 Å². The van der Waals surface area contributed by atoms with E-state index in [-0.39, 0.29) is 0 Å². The maximum atomic E-state index is 12.6. The molecule has 5 heteroatoms. The quantitative estimate of drug-likeness (QED) is 0.859. The molecule has 0 spiro atoms. The molecule has 0 saturated carbocycles. The predicted octanol–water partition coefficient (Wildman–Crippen LogP) is 2.81. The normalized spacial score (nSPS) is 17.8. The van der Waals surface area contributed by atoms with Crippen molar-refractivity contribution in [3.63, 3.8) is 0 Å². The summed E-state index contributed by atoms with van der Waals surface area (Å²) in [7, 11) is -3.39. The van der Waals surface area contributed by atoms with Gasteiger partial charge in [0.25, 0.3) is 0 Å². The largest absolute Gasteiger partial charge is 0.243 e. The zero-order valence-corrected chi connectivity index (χ0v) is 13.4. The van der Waals surface area contributed by atoms with Crippen LogP contribution in [-0.4, -0.2) is 25.8 Å². The molecule has 1 aromatic rings. The molecule has 4 nitrogen and oxygen atoms in total. The minimum Gasteiger partial charge on any atom is -0.207 e. The molecule has 114 valence electrons. The summed E-state index contributed by atoms with van der Waals surface area (Å²) in [6, 6.07) is 8.71. The van der Waals surface area contributed by atoms with Gasteiger partial charge in [-0.05, 0) is 42.4 Å². The third kappa shape index (κ3) is 3.63. The van der Waals surface area contributed by atoms with Crippen molar-refractivity contribution in [3.05, 3.63) is 29.8 Å². The molecular weight excluding hydrogens is 284 g/mol. The van der Waals surface area contributed by atoms with Crippen molar-refractivity contribution in [2.24, 2.45) is 11.8 Å². The number of benzene rings is 1. The molecule has 1 aliphatic heterocycles. The lowest BCUT2D eigenvalue weighted by atomic mass is 9.87. The summed E-state index contributed by atoms with van der Waals surface area (Å²) in [4.78, 5) is 0.326. The number of sulfonamides is 1. The summed E-state index contributed by atoms with van der Waals surface area (Å²) in [5, 5.41) is 8.65. The third-order valence-corrected chi connectivity index (χ3v) is 6.20. The van der Waals surface area contributed by atoms with E-state index in [0.29, 0.717) is 36.2 Å². The average molecular weight is 306 g/mol. The van der Waals surface area contributed by atoms with Crippen LogP contribution < -0.4 is 0 Å². The lowest BCUT2D eigenvalue weighted by Crippen LogP contribution is -2.39. The van der Waals surface area contributed by atoms with E-state index in [1.807, 2.05) is 0 Å². The Balaban J connectivity index is 2.10. The summed E-state index contributed by atoms with van der Waals surface area (Å²) in [6.45, 7) is 5.60. The van der Waals surface area contributed by atoms with Crippen LogP contribution in [0.25, 0.3) is 0 Å². The van der Waals surface area contributed by atoms with E-state index in [0.717, 1.165) is 18.4 Å². The Labute approximate surface area is 127 Å². The van der Waals surface area contributed by atoms with E-state index >= 15 is 0 Å². The third-order valence-electron chi connectivity index (χ3n) is 4.29. The molecule has 0 radical (unpaired) electrons. The molecule has 0 amide bonds. The lowest BCUT2D eigenvalue weighted by Gasteiger charge is -2.33. The van der Waals surface area contributed by atoms with Gasteiger partial charge in [-0.15, -0.1) is 0 Å². The van der Waals surface area contributed by atoms with Crippen molar-refractivity contribution in [3.8, 4) is 6.07 Å². The van der Waals surface area contributed by atoms with Gasteiger partial charge in [-0.25, -0.2) is 8.42 Å². The second kappa shape index (κ2) is 6.59. The molecule has 0 atom stereocenters. The average Bonchev–Trinajstić information content (AvgIpc) is 2.48. The minimum atomic E-state index is -3.39. The smallest absolute Gasteiger partial charge is 0.207 e. The molecule has 0 aliphatic carbocycles. The lowest BCUT2D eigenvalue weighted by molar-refractivity contribution is 0.226. The van der Waals surface area contributed by atoms with Gasteiger partial charge in [0, 0.05) is 13.1 Å². The molecule has 1 aliphatic rings. The van der Waals surface area contributed by atoms with Crippen LogP contribution in [0.2, 0.25) is 0 Å².